The predicted molar refractivity (Wildman–Crippen MR) is 69.9 cm³/mol. The van der Waals surface area contributed by atoms with E-state index in [4.69, 9.17) is 5.73 Å². The molecule has 0 aromatic carbocycles. The largest absolute Gasteiger partial charge is 0.354 e. The van der Waals surface area contributed by atoms with Crippen molar-refractivity contribution >= 4 is 0 Å². The predicted octanol–water partition coefficient (Wildman–Crippen LogP) is 1.83. The number of aromatic nitrogens is 1. The summed E-state index contributed by atoms with van der Waals surface area (Å²) in [5.74, 6) is 0. The van der Waals surface area contributed by atoms with E-state index in [-0.39, 0.29) is 0 Å². The van der Waals surface area contributed by atoms with E-state index in [0.29, 0.717) is 12.1 Å². The van der Waals surface area contributed by atoms with Gasteiger partial charge in [0.25, 0.3) is 0 Å². The lowest BCUT2D eigenvalue weighted by atomic mass is 9.87. The van der Waals surface area contributed by atoms with Gasteiger partial charge in [-0.1, -0.05) is 6.42 Å². The monoisotopic (exact) mass is 233 g/mol. The van der Waals surface area contributed by atoms with Crippen molar-refractivity contribution in [3.05, 3.63) is 23.5 Å². The minimum atomic E-state index is 0.336. The fourth-order valence-electron chi connectivity index (χ4n) is 3.47. The van der Waals surface area contributed by atoms with Gasteiger partial charge in [0, 0.05) is 37.4 Å². The second kappa shape index (κ2) is 4.46. The van der Waals surface area contributed by atoms with E-state index in [1.807, 2.05) is 0 Å². The number of hydrogen-bond donors (Lipinski definition) is 1. The third-order valence-electron chi connectivity index (χ3n) is 4.41. The van der Waals surface area contributed by atoms with Crippen LogP contribution in [0.2, 0.25) is 0 Å². The van der Waals surface area contributed by atoms with Crippen molar-refractivity contribution in [2.45, 2.75) is 44.2 Å². The molecule has 1 saturated heterocycles. The van der Waals surface area contributed by atoms with Gasteiger partial charge in [0.2, 0.25) is 0 Å². The molecule has 1 fully saturated rings. The van der Waals surface area contributed by atoms with E-state index in [2.05, 4.69) is 28.8 Å². The molecule has 2 aliphatic rings. The van der Waals surface area contributed by atoms with Crippen LogP contribution in [-0.4, -0.2) is 28.6 Å². The van der Waals surface area contributed by atoms with Gasteiger partial charge in [-0.15, -0.1) is 0 Å². The highest BCUT2D eigenvalue weighted by Crippen LogP contribution is 2.35. The maximum Gasteiger partial charge on any atom is 0.0380 e. The van der Waals surface area contributed by atoms with Crippen LogP contribution in [0.4, 0.5) is 0 Å². The van der Waals surface area contributed by atoms with Gasteiger partial charge < -0.3 is 10.3 Å². The first-order valence-corrected chi connectivity index (χ1v) is 6.89. The Bertz CT molecular complexity index is 390. The molecule has 0 bridgehead atoms. The summed E-state index contributed by atoms with van der Waals surface area (Å²) in [6, 6.07) is 3.22. The van der Waals surface area contributed by atoms with Crippen LogP contribution in [0.3, 0.4) is 0 Å². The Morgan fingerprint density at radius 3 is 2.76 bits per heavy atom. The van der Waals surface area contributed by atoms with Gasteiger partial charge in [0.05, 0.1) is 0 Å². The number of hydrogen-bond acceptors (Lipinski definition) is 2. The molecule has 94 valence electrons. The first kappa shape index (κ1) is 11.3. The van der Waals surface area contributed by atoms with Gasteiger partial charge in [0.15, 0.2) is 0 Å². The summed E-state index contributed by atoms with van der Waals surface area (Å²) in [5, 5.41) is 0. The molecule has 1 aromatic rings. The van der Waals surface area contributed by atoms with Gasteiger partial charge in [-0.25, -0.2) is 0 Å². The summed E-state index contributed by atoms with van der Waals surface area (Å²) in [5.41, 5.74) is 9.23. The highest BCUT2D eigenvalue weighted by atomic mass is 15.2. The average Bonchev–Trinajstić information content (AvgIpc) is 2.72. The van der Waals surface area contributed by atoms with Crippen LogP contribution in [0.1, 0.15) is 43.0 Å². The van der Waals surface area contributed by atoms with Crippen molar-refractivity contribution in [3.63, 3.8) is 0 Å². The molecule has 2 N–H and O–H groups in total. The second-order valence-corrected chi connectivity index (χ2v) is 5.64. The molecule has 3 heteroatoms. The molecule has 2 atom stereocenters. The molecule has 3 rings (SSSR count). The van der Waals surface area contributed by atoms with E-state index in [1.165, 1.54) is 43.6 Å². The number of fused-ring (bicyclic) bond motifs is 1. The van der Waals surface area contributed by atoms with Crippen molar-refractivity contribution in [2.24, 2.45) is 12.8 Å². The Balaban J connectivity index is 1.89. The zero-order chi connectivity index (χ0) is 11.8. The third kappa shape index (κ3) is 2.02. The Labute approximate surface area is 104 Å². The Morgan fingerprint density at radius 1 is 1.24 bits per heavy atom. The van der Waals surface area contributed by atoms with Gasteiger partial charge in [0.1, 0.15) is 0 Å². The molecule has 0 spiro atoms. The van der Waals surface area contributed by atoms with E-state index < -0.39 is 0 Å². The molecule has 1 aliphatic heterocycles. The molecule has 0 amide bonds. The zero-order valence-electron chi connectivity index (χ0n) is 10.7. The molecule has 2 heterocycles. The maximum atomic E-state index is 6.23. The summed E-state index contributed by atoms with van der Waals surface area (Å²) in [4.78, 5) is 2.65. The lowest BCUT2D eigenvalue weighted by Gasteiger charge is -2.39. The zero-order valence-corrected chi connectivity index (χ0v) is 10.7. The van der Waals surface area contributed by atoms with Crippen LogP contribution < -0.4 is 5.73 Å². The van der Waals surface area contributed by atoms with Gasteiger partial charge in [-0.05, 0) is 44.0 Å². The van der Waals surface area contributed by atoms with E-state index in [0.717, 1.165) is 12.8 Å². The molecule has 3 nitrogen and oxygen atoms in total. The van der Waals surface area contributed by atoms with Crippen molar-refractivity contribution < 1.29 is 0 Å². The number of piperidine rings is 1. The number of likely N-dealkylation sites (tertiary alicyclic amines) is 1. The van der Waals surface area contributed by atoms with E-state index >= 15 is 0 Å². The van der Waals surface area contributed by atoms with Crippen LogP contribution in [-0.2, 0) is 13.5 Å². The van der Waals surface area contributed by atoms with Gasteiger partial charge in [-0.3, -0.25) is 4.90 Å². The smallest absolute Gasteiger partial charge is 0.0380 e. The molecular formula is C14H23N3. The molecule has 0 radical (unpaired) electrons. The number of rotatable bonds is 1. The number of aryl methyl sites for hydroxylation is 1. The minimum Gasteiger partial charge on any atom is -0.354 e. The molecule has 1 aliphatic carbocycles. The standard InChI is InChI=1S/C14H23N3/c1-16-8-5-12-13(16)9-11(15)10-14(12)17-6-3-2-4-7-17/h5,8,11,14H,2-4,6-7,9-10,15H2,1H3. The van der Waals surface area contributed by atoms with Crippen molar-refractivity contribution in [1.82, 2.24) is 9.47 Å². The van der Waals surface area contributed by atoms with E-state index in [1.54, 1.807) is 0 Å². The normalized spacial score (nSPS) is 30.2. The summed E-state index contributed by atoms with van der Waals surface area (Å²) >= 11 is 0. The van der Waals surface area contributed by atoms with Gasteiger partial charge in [-0.2, -0.15) is 0 Å². The van der Waals surface area contributed by atoms with Crippen molar-refractivity contribution in [3.8, 4) is 0 Å². The fourth-order valence-corrected chi connectivity index (χ4v) is 3.47. The van der Waals surface area contributed by atoms with Crippen molar-refractivity contribution in [2.75, 3.05) is 13.1 Å². The van der Waals surface area contributed by atoms with Crippen LogP contribution in [0, 0.1) is 0 Å². The van der Waals surface area contributed by atoms with Crippen LogP contribution in [0.5, 0.6) is 0 Å². The quantitative estimate of drug-likeness (QED) is 0.803. The number of nitrogens with two attached hydrogens (primary N) is 1. The van der Waals surface area contributed by atoms with Gasteiger partial charge >= 0.3 is 0 Å². The lowest BCUT2D eigenvalue weighted by molar-refractivity contribution is 0.142. The summed E-state index contributed by atoms with van der Waals surface area (Å²) in [7, 11) is 2.14. The van der Waals surface area contributed by atoms with Crippen LogP contribution >= 0.6 is 0 Å². The van der Waals surface area contributed by atoms with Crippen LogP contribution in [0.15, 0.2) is 12.3 Å². The molecule has 0 saturated carbocycles. The molecular weight excluding hydrogens is 210 g/mol. The first-order chi connectivity index (χ1) is 8.25. The highest BCUT2D eigenvalue weighted by Gasteiger charge is 2.31. The molecule has 1 aromatic heterocycles. The SMILES string of the molecule is Cn1ccc2c1CC(N)CC2N1CCCCC1. The maximum absolute atomic E-state index is 6.23. The summed E-state index contributed by atoms with van der Waals surface area (Å²) < 4.78 is 2.26. The summed E-state index contributed by atoms with van der Waals surface area (Å²) in [6.07, 6.45) is 8.48. The topological polar surface area (TPSA) is 34.2 Å². The molecule has 2 unspecified atom stereocenters. The lowest BCUT2D eigenvalue weighted by Crippen LogP contribution is -2.41. The Morgan fingerprint density at radius 2 is 2.00 bits per heavy atom. The van der Waals surface area contributed by atoms with Crippen molar-refractivity contribution in [1.29, 1.82) is 0 Å². The number of nitrogens with zero attached hydrogens (tertiary/aromatic N) is 2. The highest BCUT2D eigenvalue weighted by molar-refractivity contribution is 5.30. The molecule has 17 heavy (non-hydrogen) atoms. The second-order valence-electron chi connectivity index (χ2n) is 5.64. The summed E-state index contributed by atoms with van der Waals surface area (Å²) in [6.45, 7) is 2.51. The van der Waals surface area contributed by atoms with Crippen LogP contribution in [0.25, 0.3) is 0 Å². The average molecular weight is 233 g/mol. The van der Waals surface area contributed by atoms with E-state index in [9.17, 15) is 0 Å². The fraction of sp³-hybridized carbons (Fsp3) is 0.714. The third-order valence-corrected chi connectivity index (χ3v) is 4.41. The first-order valence-electron chi connectivity index (χ1n) is 6.89. The minimum absolute atomic E-state index is 0.336. The Kier molecular flexibility index (Phi) is 2.97. The Hall–Kier alpha value is -0.800.